The molecule has 3 rings (SSSR count). The molecule has 2 aliphatic heterocycles. The second-order valence-electron chi connectivity index (χ2n) is 7.80. The van der Waals surface area contributed by atoms with Crippen LogP contribution in [0.2, 0.25) is 0 Å². The number of piperidine rings is 2. The van der Waals surface area contributed by atoms with Crippen molar-refractivity contribution >= 4 is 17.7 Å². The van der Waals surface area contributed by atoms with Crippen molar-refractivity contribution in [3.05, 3.63) is 12.3 Å². The van der Waals surface area contributed by atoms with Crippen molar-refractivity contribution in [1.82, 2.24) is 14.9 Å². The van der Waals surface area contributed by atoms with Gasteiger partial charge in [-0.05, 0) is 37.7 Å². The van der Waals surface area contributed by atoms with Crippen molar-refractivity contribution in [2.45, 2.75) is 46.0 Å². The van der Waals surface area contributed by atoms with Gasteiger partial charge in [-0.15, -0.1) is 0 Å². The predicted octanol–water partition coefficient (Wildman–Crippen LogP) is 2.31. The minimum atomic E-state index is 0.197. The van der Waals surface area contributed by atoms with E-state index in [0.717, 1.165) is 51.3 Å². The van der Waals surface area contributed by atoms with E-state index in [1.807, 2.05) is 6.07 Å². The Morgan fingerprint density at radius 1 is 1.33 bits per heavy atom. The highest BCUT2D eigenvalue weighted by molar-refractivity contribution is 5.77. The molecule has 2 N–H and O–H groups in total. The molecule has 0 bridgehead atoms. The number of nitrogens with two attached hydrogens (primary N) is 1. The molecule has 6 heteroatoms. The van der Waals surface area contributed by atoms with Crippen LogP contribution in [0, 0.1) is 11.3 Å². The second-order valence-corrected chi connectivity index (χ2v) is 7.80. The number of nitrogen functional groups attached to an aromatic ring is 1. The molecular weight excluding hydrogens is 302 g/mol. The summed E-state index contributed by atoms with van der Waals surface area (Å²) in [4.78, 5) is 25.1. The molecule has 0 saturated carbocycles. The van der Waals surface area contributed by atoms with Gasteiger partial charge in [0.15, 0.2) is 0 Å². The Balaban J connectivity index is 1.71. The van der Waals surface area contributed by atoms with Gasteiger partial charge in [0.05, 0.1) is 0 Å². The highest BCUT2D eigenvalue weighted by Crippen LogP contribution is 2.40. The highest BCUT2D eigenvalue weighted by Gasteiger charge is 2.41. The van der Waals surface area contributed by atoms with Crippen molar-refractivity contribution in [3.8, 4) is 0 Å². The number of carbonyl (C=O) groups excluding carboxylic acids is 1. The average Bonchev–Trinajstić information content (AvgIpc) is 2.56. The summed E-state index contributed by atoms with van der Waals surface area (Å²) < 4.78 is 0. The summed E-state index contributed by atoms with van der Waals surface area (Å²) >= 11 is 0. The van der Waals surface area contributed by atoms with Gasteiger partial charge in [0, 0.05) is 44.2 Å². The molecule has 0 unspecified atom stereocenters. The van der Waals surface area contributed by atoms with Gasteiger partial charge in [0.1, 0.15) is 5.82 Å². The molecule has 0 aliphatic carbocycles. The number of hydrogen-bond donors (Lipinski definition) is 1. The van der Waals surface area contributed by atoms with E-state index in [9.17, 15) is 4.79 Å². The fourth-order valence-electron chi connectivity index (χ4n) is 4.00. The topological polar surface area (TPSA) is 75.3 Å². The second kappa shape index (κ2) is 6.95. The fourth-order valence-corrected chi connectivity index (χ4v) is 4.00. The zero-order valence-corrected chi connectivity index (χ0v) is 14.9. The number of hydrogen-bond acceptors (Lipinski definition) is 5. The van der Waals surface area contributed by atoms with Gasteiger partial charge < -0.3 is 15.5 Å². The predicted molar refractivity (Wildman–Crippen MR) is 95.6 cm³/mol. The Kier molecular flexibility index (Phi) is 4.92. The van der Waals surface area contributed by atoms with Crippen LogP contribution in [0.25, 0.3) is 0 Å². The van der Waals surface area contributed by atoms with Crippen LogP contribution >= 0.6 is 0 Å². The molecule has 24 heavy (non-hydrogen) atoms. The summed E-state index contributed by atoms with van der Waals surface area (Å²) in [5.41, 5.74) is 5.94. The molecule has 6 nitrogen and oxygen atoms in total. The number of anilines is 2. The maximum Gasteiger partial charge on any atom is 0.222 e. The molecule has 1 aromatic heterocycles. The molecule has 1 spiro atoms. The van der Waals surface area contributed by atoms with Gasteiger partial charge in [-0.3, -0.25) is 4.79 Å². The van der Waals surface area contributed by atoms with E-state index < -0.39 is 0 Å². The van der Waals surface area contributed by atoms with Crippen LogP contribution in [-0.2, 0) is 4.79 Å². The van der Waals surface area contributed by atoms with Crippen LogP contribution in [0.4, 0.5) is 11.8 Å². The summed E-state index contributed by atoms with van der Waals surface area (Å²) in [5, 5.41) is 0. The molecular formula is C18H29N5O. The molecule has 132 valence electrons. The third kappa shape index (κ3) is 3.79. The number of nitrogens with zero attached hydrogens (tertiary/aromatic N) is 4. The van der Waals surface area contributed by atoms with Crippen molar-refractivity contribution in [2.24, 2.45) is 11.3 Å². The van der Waals surface area contributed by atoms with E-state index in [2.05, 4.69) is 33.6 Å². The normalized spacial score (nSPS) is 24.9. The van der Waals surface area contributed by atoms with Crippen LogP contribution in [0.5, 0.6) is 0 Å². The number of likely N-dealkylation sites (tertiary alicyclic amines) is 1. The highest BCUT2D eigenvalue weighted by atomic mass is 16.2. The van der Waals surface area contributed by atoms with Crippen LogP contribution in [0.1, 0.15) is 46.0 Å². The summed E-state index contributed by atoms with van der Waals surface area (Å²) in [5.74, 6) is 2.18. The van der Waals surface area contributed by atoms with Gasteiger partial charge in [0.25, 0.3) is 0 Å². The van der Waals surface area contributed by atoms with E-state index in [1.54, 1.807) is 6.20 Å². The summed E-state index contributed by atoms with van der Waals surface area (Å²) in [6.07, 6.45) is 6.79. The molecule has 3 heterocycles. The number of rotatable bonds is 4. The Labute approximate surface area is 144 Å². The number of carbonyl (C=O) groups is 1. The largest absolute Gasteiger partial charge is 0.368 e. The lowest BCUT2D eigenvalue weighted by Gasteiger charge is -2.48. The van der Waals surface area contributed by atoms with Crippen molar-refractivity contribution in [3.63, 3.8) is 0 Å². The SMILES string of the molecule is CC(C)CCN1C[C@]2(CCCN(c3ccnc(N)n3)C2)CCC1=O. The molecule has 1 aromatic rings. The molecule has 2 saturated heterocycles. The molecule has 0 aromatic carbocycles. The van der Waals surface area contributed by atoms with Crippen LogP contribution in [0.3, 0.4) is 0 Å². The first-order chi connectivity index (χ1) is 11.5. The Morgan fingerprint density at radius 2 is 2.17 bits per heavy atom. The Hall–Kier alpha value is -1.85. The number of amides is 1. The van der Waals surface area contributed by atoms with Crippen LogP contribution in [0.15, 0.2) is 12.3 Å². The zero-order valence-electron chi connectivity index (χ0n) is 14.9. The average molecular weight is 331 g/mol. The summed E-state index contributed by atoms with van der Waals surface area (Å²) in [7, 11) is 0. The third-order valence-electron chi connectivity index (χ3n) is 5.37. The fraction of sp³-hybridized carbons (Fsp3) is 0.722. The standard InChI is InChI=1S/C18H29N5O/c1-14(2)6-11-23-13-18(8-4-16(23)24)7-3-10-22(12-18)15-5-9-20-17(19)21-15/h5,9,14H,3-4,6-8,10-13H2,1-2H3,(H2,19,20,21)/t18-/m1/s1. The maximum atomic E-state index is 12.3. The number of aromatic nitrogens is 2. The van der Waals surface area contributed by atoms with Gasteiger partial charge in [-0.1, -0.05) is 13.8 Å². The van der Waals surface area contributed by atoms with E-state index in [-0.39, 0.29) is 5.41 Å². The van der Waals surface area contributed by atoms with E-state index in [4.69, 9.17) is 5.73 Å². The Bertz CT molecular complexity index is 591. The molecule has 1 amide bonds. The minimum absolute atomic E-state index is 0.197. The lowest BCUT2D eigenvalue weighted by atomic mass is 9.73. The lowest BCUT2D eigenvalue weighted by Crippen LogP contribution is -2.54. The van der Waals surface area contributed by atoms with E-state index in [0.29, 0.717) is 24.2 Å². The zero-order chi connectivity index (χ0) is 17.2. The van der Waals surface area contributed by atoms with Gasteiger partial charge in [-0.2, -0.15) is 4.98 Å². The van der Waals surface area contributed by atoms with Gasteiger partial charge >= 0.3 is 0 Å². The first-order valence-corrected chi connectivity index (χ1v) is 9.09. The van der Waals surface area contributed by atoms with Gasteiger partial charge in [-0.25, -0.2) is 4.98 Å². The first-order valence-electron chi connectivity index (χ1n) is 9.09. The quantitative estimate of drug-likeness (QED) is 0.916. The monoisotopic (exact) mass is 331 g/mol. The van der Waals surface area contributed by atoms with E-state index in [1.165, 1.54) is 6.42 Å². The minimum Gasteiger partial charge on any atom is -0.368 e. The molecule has 0 radical (unpaired) electrons. The lowest BCUT2D eigenvalue weighted by molar-refractivity contribution is -0.138. The van der Waals surface area contributed by atoms with Crippen molar-refractivity contribution < 1.29 is 4.79 Å². The van der Waals surface area contributed by atoms with Crippen LogP contribution in [-0.4, -0.2) is 47.0 Å². The molecule has 1 atom stereocenters. The summed E-state index contributed by atoms with van der Waals surface area (Å²) in [6, 6.07) is 1.93. The van der Waals surface area contributed by atoms with Crippen molar-refractivity contribution in [2.75, 3.05) is 36.8 Å². The van der Waals surface area contributed by atoms with Crippen molar-refractivity contribution in [1.29, 1.82) is 0 Å². The Morgan fingerprint density at radius 3 is 2.92 bits per heavy atom. The first kappa shape index (κ1) is 17.0. The van der Waals surface area contributed by atoms with Crippen LogP contribution < -0.4 is 10.6 Å². The summed E-state index contributed by atoms with van der Waals surface area (Å²) in [6.45, 7) is 8.15. The third-order valence-corrected chi connectivity index (χ3v) is 5.37. The molecule has 2 fully saturated rings. The van der Waals surface area contributed by atoms with Gasteiger partial charge in [0.2, 0.25) is 11.9 Å². The molecule has 2 aliphatic rings. The smallest absolute Gasteiger partial charge is 0.222 e. The van der Waals surface area contributed by atoms with E-state index >= 15 is 0 Å². The maximum absolute atomic E-state index is 12.3.